The number of imidazole rings is 2. The lowest BCUT2D eigenvalue weighted by Gasteiger charge is -2.12. The van der Waals surface area contributed by atoms with Crippen LogP contribution in [0.5, 0.6) is 0 Å². The molecule has 2 heterocycles. The average Bonchev–Trinajstić information content (AvgIpc) is 3.32. The van der Waals surface area contributed by atoms with Crippen LogP contribution in [0.3, 0.4) is 0 Å². The van der Waals surface area contributed by atoms with E-state index in [9.17, 15) is 5.26 Å². The predicted molar refractivity (Wildman–Crippen MR) is 112 cm³/mol. The molecule has 7 heteroatoms. The minimum absolute atomic E-state index is 0.223. The maximum atomic E-state index is 9.62. The Kier molecular flexibility index (Phi) is 3.80. The molecule has 0 aliphatic rings. The Morgan fingerprint density at radius 2 is 1.41 bits per heavy atom. The fourth-order valence-corrected chi connectivity index (χ4v) is 3.82. The van der Waals surface area contributed by atoms with Crippen LogP contribution < -0.4 is 0 Å². The summed E-state index contributed by atoms with van der Waals surface area (Å²) in [5.41, 5.74) is 4.22. The molecule has 0 unspecified atom stereocenters. The van der Waals surface area contributed by atoms with Gasteiger partial charge in [0.1, 0.15) is 22.3 Å². The third-order valence-corrected chi connectivity index (χ3v) is 5.13. The van der Waals surface area contributed by atoms with Gasteiger partial charge in [-0.05, 0) is 36.4 Å². The Morgan fingerprint density at radius 1 is 0.828 bits per heavy atom. The van der Waals surface area contributed by atoms with Gasteiger partial charge < -0.3 is 4.85 Å². The topological polar surface area (TPSA) is 63.8 Å². The summed E-state index contributed by atoms with van der Waals surface area (Å²) in [6.07, 6.45) is 0. The number of halogens is 1. The van der Waals surface area contributed by atoms with Gasteiger partial charge in [0.15, 0.2) is 5.52 Å². The molecule has 136 valence electrons. The highest BCUT2D eigenvalue weighted by atomic mass is 35.5. The molecule has 3 aromatic carbocycles. The number of para-hydroxylation sites is 4. The van der Waals surface area contributed by atoms with E-state index < -0.39 is 0 Å². The van der Waals surface area contributed by atoms with Crippen LogP contribution in [0, 0.1) is 17.9 Å². The Morgan fingerprint density at radius 3 is 2.07 bits per heavy atom. The smallest absolute Gasteiger partial charge is 0.344 e. The van der Waals surface area contributed by atoms with Crippen molar-refractivity contribution in [2.24, 2.45) is 0 Å². The first-order valence-electron chi connectivity index (χ1n) is 8.74. The molecule has 0 aliphatic heterocycles. The number of fused-ring (bicyclic) bond motifs is 2. The van der Waals surface area contributed by atoms with Crippen molar-refractivity contribution < 1.29 is 0 Å². The van der Waals surface area contributed by atoms with E-state index in [1.54, 1.807) is 9.13 Å². The van der Waals surface area contributed by atoms with Crippen LogP contribution in [0.2, 0.25) is 5.02 Å². The molecule has 29 heavy (non-hydrogen) atoms. The number of hydrogen-bond donors (Lipinski definition) is 0. The van der Waals surface area contributed by atoms with Crippen molar-refractivity contribution in [3.8, 4) is 17.4 Å². The number of rotatable bonds is 2. The molecule has 0 bridgehead atoms. The van der Waals surface area contributed by atoms with Gasteiger partial charge in [0.2, 0.25) is 5.82 Å². The lowest BCUT2D eigenvalue weighted by atomic mass is 10.2. The zero-order valence-corrected chi connectivity index (χ0v) is 15.7. The predicted octanol–water partition coefficient (Wildman–Crippen LogP) is 5.44. The van der Waals surface area contributed by atoms with Crippen molar-refractivity contribution in [2.75, 3.05) is 0 Å². The molecule has 0 N–H and O–H groups in total. The van der Waals surface area contributed by atoms with E-state index in [0.29, 0.717) is 27.4 Å². The lowest BCUT2D eigenvalue weighted by Crippen LogP contribution is -2.02. The van der Waals surface area contributed by atoms with Crippen LogP contribution in [0.1, 0.15) is 5.82 Å². The quantitative estimate of drug-likeness (QED) is 0.374. The van der Waals surface area contributed by atoms with Crippen molar-refractivity contribution >= 4 is 39.6 Å². The van der Waals surface area contributed by atoms with Gasteiger partial charge in [0, 0.05) is 0 Å². The zero-order chi connectivity index (χ0) is 20.0. The second-order valence-corrected chi connectivity index (χ2v) is 6.71. The van der Waals surface area contributed by atoms with Crippen LogP contribution in [0.25, 0.3) is 38.3 Å². The number of benzene rings is 3. The minimum atomic E-state index is 0.223. The normalized spacial score (nSPS) is 10.9. The summed E-state index contributed by atoms with van der Waals surface area (Å²) in [5, 5.41) is 10.0. The van der Waals surface area contributed by atoms with Gasteiger partial charge in [-0.1, -0.05) is 41.9 Å². The fraction of sp³-hybridized carbons (Fsp3) is 0. The highest BCUT2D eigenvalue weighted by Gasteiger charge is 2.21. The monoisotopic (exact) mass is 394 g/mol. The van der Waals surface area contributed by atoms with Crippen LogP contribution in [-0.2, 0) is 0 Å². The molecular formula is C22H11ClN6. The van der Waals surface area contributed by atoms with Gasteiger partial charge in [-0.15, -0.1) is 11.6 Å². The Bertz CT molecular complexity index is 1390. The van der Waals surface area contributed by atoms with E-state index in [0.717, 1.165) is 11.0 Å². The molecule has 5 aromatic rings. The van der Waals surface area contributed by atoms with Crippen molar-refractivity contribution in [2.45, 2.75) is 0 Å². The Balaban J connectivity index is 1.84. The average molecular weight is 395 g/mol. The second kappa shape index (κ2) is 6.49. The summed E-state index contributed by atoms with van der Waals surface area (Å²) in [6, 6.07) is 22.7. The maximum Gasteiger partial charge on any atom is 0.344 e. The molecular weight excluding hydrogens is 384 g/mol. The number of hydrogen-bond acceptors (Lipinski definition) is 3. The molecule has 0 atom stereocenters. The van der Waals surface area contributed by atoms with E-state index in [1.807, 2.05) is 66.7 Å². The highest BCUT2D eigenvalue weighted by Crippen LogP contribution is 2.35. The molecule has 6 nitrogen and oxygen atoms in total. The molecule has 0 saturated carbocycles. The summed E-state index contributed by atoms with van der Waals surface area (Å²) >= 11 is 6.84. The molecule has 5 rings (SSSR count). The second-order valence-electron chi connectivity index (χ2n) is 6.33. The first-order valence-corrected chi connectivity index (χ1v) is 9.12. The zero-order valence-electron chi connectivity index (χ0n) is 14.9. The summed E-state index contributed by atoms with van der Waals surface area (Å²) < 4.78 is 3.47. The SMILES string of the molecule is [C-]#[N+]c1nc2ccccc2n1-c1cccc(-n2c(C#N)nc3ccccc32)c1Cl. The van der Waals surface area contributed by atoms with Crippen LogP contribution in [0.4, 0.5) is 5.95 Å². The third-order valence-electron chi connectivity index (χ3n) is 4.74. The van der Waals surface area contributed by atoms with Crippen molar-refractivity contribution in [3.63, 3.8) is 0 Å². The van der Waals surface area contributed by atoms with Gasteiger partial charge >= 0.3 is 5.95 Å². The summed E-state index contributed by atoms with van der Waals surface area (Å²) in [7, 11) is 0. The Labute approximate surface area is 170 Å². The van der Waals surface area contributed by atoms with E-state index in [-0.39, 0.29) is 11.8 Å². The summed E-state index contributed by atoms with van der Waals surface area (Å²) in [4.78, 5) is 12.4. The van der Waals surface area contributed by atoms with Gasteiger partial charge in [-0.3, -0.25) is 9.13 Å². The van der Waals surface area contributed by atoms with Gasteiger partial charge in [-0.2, -0.15) is 5.26 Å². The van der Waals surface area contributed by atoms with Gasteiger partial charge in [0.25, 0.3) is 0 Å². The lowest BCUT2D eigenvalue weighted by molar-refractivity contribution is 1.04. The van der Waals surface area contributed by atoms with E-state index >= 15 is 0 Å². The third kappa shape index (κ3) is 2.48. The highest BCUT2D eigenvalue weighted by molar-refractivity contribution is 6.34. The van der Waals surface area contributed by atoms with Crippen molar-refractivity contribution in [3.05, 3.63) is 89.0 Å². The van der Waals surface area contributed by atoms with E-state index in [2.05, 4.69) is 20.9 Å². The number of aromatic nitrogens is 4. The number of nitrogens with zero attached hydrogens (tertiary/aromatic N) is 6. The van der Waals surface area contributed by atoms with E-state index in [1.165, 1.54) is 0 Å². The molecule has 2 aromatic heterocycles. The first kappa shape index (κ1) is 17.0. The summed E-state index contributed by atoms with van der Waals surface area (Å²) in [5.74, 6) is 0.465. The maximum absolute atomic E-state index is 9.62. The number of nitriles is 1. The molecule has 0 saturated heterocycles. The van der Waals surface area contributed by atoms with Gasteiger partial charge in [0.05, 0.1) is 16.7 Å². The summed E-state index contributed by atoms with van der Waals surface area (Å²) in [6.45, 7) is 7.54. The van der Waals surface area contributed by atoms with Crippen molar-refractivity contribution in [1.29, 1.82) is 5.26 Å². The fourth-order valence-electron chi connectivity index (χ4n) is 3.52. The first-order chi connectivity index (χ1) is 14.2. The standard InChI is InChI=1S/C22H11ClN6/c1-25-22-27-15-8-3-5-10-17(15)29(22)19-12-6-11-18(21(19)23)28-16-9-4-2-7-14(16)26-20(28)13-24/h2-12H. The largest absolute Gasteiger partial charge is 0.396 e. The van der Waals surface area contributed by atoms with E-state index in [4.69, 9.17) is 18.2 Å². The minimum Gasteiger partial charge on any atom is -0.396 e. The molecule has 0 spiro atoms. The Hall–Kier alpha value is -4.13. The molecule has 0 radical (unpaired) electrons. The van der Waals surface area contributed by atoms with Crippen LogP contribution >= 0.6 is 11.6 Å². The van der Waals surface area contributed by atoms with Crippen LogP contribution in [-0.4, -0.2) is 19.1 Å². The van der Waals surface area contributed by atoms with Gasteiger partial charge in [-0.25, -0.2) is 4.98 Å². The molecule has 0 fully saturated rings. The van der Waals surface area contributed by atoms with Crippen molar-refractivity contribution in [1.82, 2.24) is 19.1 Å². The van der Waals surface area contributed by atoms with Crippen LogP contribution in [0.15, 0.2) is 66.7 Å². The molecule has 0 amide bonds. The molecule has 0 aliphatic carbocycles.